The minimum Gasteiger partial charge on any atom is -0.493 e. The molecular formula is C20H24N2O6S. The van der Waals surface area contributed by atoms with Gasteiger partial charge in [0, 0.05) is 23.6 Å². The summed E-state index contributed by atoms with van der Waals surface area (Å²) in [6.45, 7) is 1.99. The Kier molecular flexibility index (Phi) is 8.47. The van der Waals surface area contributed by atoms with E-state index in [1.165, 1.54) is 37.7 Å². The molecule has 1 aromatic heterocycles. The van der Waals surface area contributed by atoms with Crippen LogP contribution in [0, 0.1) is 0 Å². The average molecular weight is 420 g/mol. The number of esters is 1. The van der Waals surface area contributed by atoms with E-state index < -0.39 is 18.5 Å². The second-order valence-corrected chi connectivity index (χ2v) is 7.02. The highest BCUT2D eigenvalue weighted by atomic mass is 32.1. The summed E-state index contributed by atoms with van der Waals surface area (Å²) in [5, 5.41) is 7.21. The van der Waals surface area contributed by atoms with Crippen molar-refractivity contribution in [1.29, 1.82) is 0 Å². The topological polar surface area (TPSA) is 103 Å². The number of rotatable bonds is 10. The molecule has 0 aliphatic heterocycles. The second kappa shape index (κ2) is 11.1. The zero-order chi connectivity index (χ0) is 21.2. The number of benzene rings is 1. The third-order valence-corrected chi connectivity index (χ3v) is 4.72. The molecule has 8 nitrogen and oxygen atoms in total. The van der Waals surface area contributed by atoms with Crippen LogP contribution in [0.3, 0.4) is 0 Å². The number of nitrogens with one attached hydrogen (secondary N) is 2. The van der Waals surface area contributed by atoms with Crippen LogP contribution in [0.5, 0.6) is 11.5 Å². The maximum Gasteiger partial charge on any atom is 0.340 e. The van der Waals surface area contributed by atoms with Gasteiger partial charge in [-0.05, 0) is 17.9 Å². The van der Waals surface area contributed by atoms with Gasteiger partial charge in [-0.25, -0.2) is 4.79 Å². The zero-order valence-electron chi connectivity index (χ0n) is 16.6. The molecule has 0 saturated heterocycles. The SMILES string of the molecule is CCCNC(=O)COC(=O)c1cc(OC)c(OC)cc1NC(=O)Cc1cccs1. The van der Waals surface area contributed by atoms with Crippen LogP contribution >= 0.6 is 11.3 Å². The molecule has 0 radical (unpaired) electrons. The van der Waals surface area contributed by atoms with Crippen molar-refractivity contribution in [2.24, 2.45) is 0 Å². The fourth-order valence-corrected chi connectivity index (χ4v) is 3.14. The van der Waals surface area contributed by atoms with Crippen molar-refractivity contribution in [3.8, 4) is 11.5 Å². The minimum absolute atomic E-state index is 0.0606. The van der Waals surface area contributed by atoms with E-state index in [4.69, 9.17) is 14.2 Å². The van der Waals surface area contributed by atoms with E-state index >= 15 is 0 Å². The van der Waals surface area contributed by atoms with Gasteiger partial charge in [-0.2, -0.15) is 0 Å². The molecule has 156 valence electrons. The third-order valence-electron chi connectivity index (χ3n) is 3.84. The van der Waals surface area contributed by atoms with E-state index in [9.17, 15) is 14.4 Å². The van der Waals surface area contributed by atoms with Crippen LogP contribution in [0.15, 0.2) is 29.6 Å². The maximum atomic E-state index is 12.6. The summed E-state index contributed by atoms with van der Waals surface area (Å²) in [5.41, 5.74) is 0.272. The predicted octanol–water partition coefficient (Wildman–Crippen LogP) is 2.63. The number of amides is 2. The van der Waals surface area contributed by atoms with Crippen LogP contribution in [0.1, 0.15) is 28.6 Å². The van der Waals surface area contributed by atoms with Crippen LogP contribution in [0.2, 0.25) is 0 Å². The van der Waals surface area contributed by atoms with E-state index in [0.717, 1.165) is 11.3 Å². The molecule has 0 saturated carbocycles. The Bertz CT molecular complexity index is 851. The minimum atomic E-state index is -0.760. The van der Waals surface area contributed by atoms with E-state index in [2.05, 4.69) is 10.6 Å². The van der Waals surface area contributed by atoms with Crippen molar-refractivity contribution in [2.75, 3.05) is 32.7 Å². The lowest BCUT2D eigenvalue weighted by atomic mass is 10.1. The lowest BCUT2D eigenvalue weighted by Gasteiger charge is -2.15. The molecule has 0 spiro atoms. The van der Waals surface area contributed by atoms with Gasteiger partial charge in [0.15, 0.2) is 18.1 Å². The van der Waals surface area contributed by atoms with Crippen molar-refractivity contribution >= 4 is 34.8 Å². The van der Waals surface area contributed by atoms with E-state index in [0.29, 0.717) is 18.0 Å². The Morgan fingerprint density at radius 3 is 2.41 bits per heavy atom. The highest BCUT2D eigenvalue weighted by Crippen LogP contribution is 2.34. The summed E-state index contributed by atoms with van der Waals surface area (Å²) in [6, 6.07) is 6.60. The number of methoxy groups -OCH3 is 2. The molecular weight excluding hydrogens is 396 g/mol. The summed E-state index contributed by atoms with van der Waals surface area (Å²) in [7, 11) is 2.88. The molecule has 0 unspecified atom stereocenters. The normalized spacial score (nSPS) is 10.2. The first-order valence-corrected chi connectivity index (χ1v) is 9.88. The standard InChI is InChI=1S/C20H24N2O6S/c1-4-7-21-19(24)12-28-20(25)14-10-16(26-2)17(27-3)11-15(14)22-18(23)9-13-6-5-8-29-13/h5-6,8,10-11H,4,7,9,12H2,1-3H3,(H,21,24)(H,22,23). The molecule has 0 fully saturated rings. The molecule has 0 aliphatic rings. The van der Waals surface area contributed by atoms with Crippen molar-refractivity contribution in [3.63, 3.8) is 0 Å². The quantitative estimate of drug-likeness (QED) is 0.573. The van der Waals surface area contributed by atoms with Gasteiger partial charge in [0.25, 0.3) is 5.91 Å². The van der Waals surface area contributed by atoms with Crippen molar-refractivity contribution in [3.05, 3.63) is 40.1 Å². The fourth-order valence-electron chi connectivity index (χ4n) is 2.44. The van der Waals surface area contributed by atoms with Crippen molar-refractivity contribution in [2.45, 2.75) is 19.8 Å². The predicted molar refractivity (Wildman–Crippen MR) is 110 cm³/mol. The smallest absolute Gasteiger partial charge is 0.340 e. The first-order chi connectivity index (χ1) is 14.0. The molecule has 9 heteroatoms. The number of anilines is 1. The first kappa shape index (κ1) is 22.2. The second-order valence-electron chi connectivity index (χ2n) is 5.98. The molecule has 0 atom stereocenters. The van der Waals surface area contributed by atoms with Gasteiger partial charge in [-0.1, -0.05) is 13.0 Å². The number of ether oxygens (including phenoxy) is 3. The summed E-state index contributed by atoms with van der Waals surface area (Å²) in [6.07, 6.45) is 0.940. The van der Waals surface area contributed by atoms with Gasteiger partial charge in [0.2, 0.25) is 5.91 Å². The molecule has 29 heavy (non-hydrogen) atoms. The van der Waals surface area contributed by atoms with Gasteiger partial charge < -0.3 is 24.8 Å². The molecule has 1 heterocycles. The third kappa shape index (κ3) is 6.49. The van der Waals surface area contributed by atoms with Crippen LogP contribution < -0.4 is 20.1 Å². The monoisotopic (exact) mass is 420 g/mol. The summed E-state index contributed by atoms with van der Waals surface area (Å²) in [5.74, 6) is -0.815. The van der Waals surface area contributed by atoms with Crippen LogP contribution in [-0.2, 0) is 20.7 Å². The highest BCUT2D eigenvalue weighted by molar-refractivity contribution is 7.10. The van der Waals surface area contributed by atoms with Crippen LogP contribution in [-0.4, -0.2) is 45.2 Å². The lowest BCUT2D eigenvalue weighted by molar-refractivity contribution is -0.124. The van der Waals surface area contributed by atoms with Crippen LogP contribution in [0.4, 0.5) is 5.69 Å². The summed E-state index contributed by atoms with van der Waals surface area (Å²) < 4.78 is 15.6. The number of hydrogen-bond acceptors (Lipinski definition) is 7. The number of carbonyl (C=O) groups is 3. The Balaban J connectivity index is 2.20. The van der Waals surface area contributed by atoms with E-state index in [1.54, 1.807) is 0 Å². The van der Waals surface area contributed by atoms with Gasteiger partial charge in [0.05, 0.1) is 31.9 Å². The molecule has 2 amide bonds. The Morgan fingerprint density at radius 2 is 1.79 bits per heavy atom. The number of carbonyl (C=O) groups excluding carboxylic acids is 3. The first-order valence-electron chi connectivity index (χ1n) is 9.00. The number of thiophene rings is 1. The molecule has 2 rings (SSSR count). The molecule has 1 aromatic carbocycles. The average Bonchev–Trinajstić information content (AvgIpc) is 3.22. The molecule has 0 aliphatic carbocycles. The Labute approximate surface area is 173 Å². The Hall–Kier alpha value is -3.07. The van der Waals surface area contributed by atoms with Gasteiger partial charge >= 0.3 is 5.97 Å². The zero-order valence-corrected chi connectivity index (χ0v) is 17.4. The van der Waals surface area contributed by atoms with Gasteiger partial charge in [-0.15, -0.1) is 11.3 Å². The summed E-state index contributed by atoms with van der Waals surface area (Å²) in [4.78, 5) is 37.6. The number of hydrogen-bond donors (Lipinski definition) is 2. The summed E-state index contributed by atoms with van der Waals surface area (Å²) >= 11 is 1.46. The molecule has 0 bridgehead atoms. The highest BCUT2D eigenvalue weighted by Gasteiger charge is 2.21. The lowest BCUT2D eigenvalue weighted by Crippen LogP contribution is -2.29. The van der Waals surface area contributed by atoms with Crippen molar-refractivity contribution in [1.82, 2.24) is 5.32 Å². The fraction of sp³-hybridized carbons (Fsp3) is 0.350. The largest absolute Gasteiger partial charge is 0.493 e. The maximum absolute atomic E-state index is 12.6. The van der Waals surface area contributed by atoms with E-state index in [1.807, 2.05) is 24.4 Å². The van der Waals surface area contributed by atoms with Gasteiger partial charge in [-0.3, -0.25) is 9.59 Å². The van der Waals surface area contributed by atoms with Gasteiger partial charge in [0.1, 0.15) is 0 Å². The van der Waals surface area contributed by atoms with E-state index in [-0.39, 0.29) is 23.6 Å². The Morgan fingerprint density at radius 1 is 1.07 bits per heavy atom. The molecule has 2 N–H and O–H groups in total. The molecule has 2 aromatic rings. The van der Waals surface area contributed by atoms with Crippen LogP contribution in [0.25, 0.3) is 0 Å². The van der Waals surface area contributed by atoms with Crippen molar-refractivity contribution < 1.29 is 28.6 Å².